The van der Waals surface area contributed by atoms with E-state index in [-0.39, 0.29) is 5.91 Å². The Morgan fingerprint density at radius 3 is 2.55 bits per heavy atom. The van der Waals surface area contributed by atoms with Gasteiger partial charge in [-0.2, -0.15) is 0 Å². The lowest BCUT2D eigenvalue weighted by Crippen LogP contribution is -2.51. The van der Waals surface area contributed by atoms with E-state index in [0.717, 1.165) is 29.9 Å². The number of nitrogens with one attached hydrogen (secondary N) is 4. The monoisotopic (exact) mass is 438 g/mol. The van der Waals surface area contributed by atoms with Gasteiger partial charge in [-0.15, -0.1) is 0 Å². The van der Waals surface area contributed by atoms with Gasteiger partial charge in [0.2, 0.25) is 11.9 Å². The quantitative estimate of drug-likeness (QED) is 0.325. The zero-order chi connectivity index (χ0) is 22.6. The highest BCUT2D eigenvalue weighted by atomic mass is 16.1. The fourth-order valence-electron chi connectivity index (χ4n) is 3.44. The highest BCUT2D eigenvalue weighted by Crippen LogP contribution is 2.26. The predicted molar refractivity (Wildman–Crippen MR) is 129 cm³/mol. The van der Waals surface area contributed by atoms with Crippen molar-refractivity contribution in [3.05, 3.63) is 73.7 Å². The van der Waals surface area contributed by atoms with Gasteiger partial charge in [-0.3, -0.25) is 14.8 Å². The van der Waals surface area contributed by atoms with E-state index in [1.165, 1.54) is 6.08 Å². The third kappa shape index (κ3) is 4.63. The summed E-state index contributed by atoms with van der Waals surface area (Å²) in [4.78, 5) is 29.7. The standard InChI is InChI=1S/C24H22N8O/c1-2-21(33)30-18-8-10-26-20(11-18)23-22-15(7-9-27-23)12-28-24(32-22)31-17-5-3-16(4-6-17)29-19-13-25-14-19/h2-12,19,25,29H,1,13-14H2,(H,26,30,33)(H,28,31,32). The van der Waals surface area contributed by atoms with Gasteiger partial charge >= 0.3 is 0 Å². The summed E-state index contributed by atoms with van der Waals surface area (Å²) >= 11 is 0. The number of hydrogen-bond acceptors (Lipinski definition) is 8. The van der Waals surface area contributed by atoms with Gasteiger partial charge in [0.15, 0.2) is 0 Å². The number of carbonyl (C=O) groups is 1. The Morgan fingerprint density at radius 2 is 1.79 bits per heavy atom. The zero-order valence-corrected chi connectivity index (χ0v) is 17.7. The Hall–Kier alpha value is -4.37. The number of pyridine rings is 2. The molecule has 164 valence electrons. The van der Waals surface area contributed by atoms with Gasteiger partial charge in [0.05, 0.1) is 11.7 Å². The number of anilines is 4. The van der Waals surface area contributed by atoms with Crippen molar-refractivity contribution < 1.29 is 4.79 Å². The summed E-state index contributed by atoms with van der Waals surface area (Å²) in [7, 11) is 0. The van der Waals surface area contributed by atoms with Gasteiger partial charge in [0, 0.05) is 54.1 Å². The van der Waals surface area contributed by atoms with Crippen molar-refractivity contribution in [3.8, 4) is 11.4 Å². The highest BCUT2D eigenvalue weighted by Gasteiger charge is 2.16. The van der Waals surface area contributed by atoms with E-state index in [2.05, 4.69) is 42.8 Å². The van der Waals surface area contributed by atoms with E-state index in [9.17, 15) is 4.79 Å². The summed E-state index contributed by atoms with van der Waals surface area (Å²) in [6.07, 6.45) is 6.27. The van der Waals surface area contributed by atoms with Crippen LogP contribution in [0.1, 0.15) is 0 Å². The Balaban J connectivity index is 1.41. The average Bonchev–Trinajstić information content (AvgIpc) is 2.82. The zero-order valence-electron chi connectivity index (χ0n) is 17.7. The molecule has 1 saturated heterocycles. The number of carbonyl (C=O) groups excluding carboxylic acids is 1. The lowest BCUT2D eigenvalue weighted by molar-refractivity contribution is -0.111. The molecule has 1 fully saturated rings. The van der Waals surface area contributed by atoms with E-state index in [1.54, 1.807) is 30.7 Å². The summed E-state index contributed by atoms with van der Waals surface area (Å²) in [6.45, 7) is 5.45. The Kier molecular flexibility index (Phi) is 5.61. The van der Waals surface area contributed by atoms with Crippen molar-refractivity contribution in [3.63, 3.8) is 0 Å². The molecule has 0 aliphatic carbocycles. The summed E-state index contributed by atoms with van der Waals surface area (Å²) in [5, 5.41) is 13.5. The van der Waals surface area contributed by atoms with Gasteiger partial charge in [0.25, 0.3) is 0 Å². The molecule has 0 saturated carbocycles. The molecule has 1 aliphatic heterocycles. The van der Waals surface area contributed by atoms with Crippen LogP contribution in [0.15, 0.2) is 73.7 Å². The first-order valence-electron chi connectivity index (χ1n) is 10.5. The molecule has 9 nitrogen and oxygen atoms in total. The first-order chi connectivity index (χ1) is 16.2. The van der Waals surface area contributed by atoms with E-state index in [0.29, 0.717) is 34.6 Å². The maximum atomic E-state index is 11.7. The minimum absolute atomic E-state index is 0.294. The number of benzene rings is 1. The van der Waals surface area contributed by atoms with Crippen molar-refractivity contribution in [2.45, 2.75) is 6.04 Å². The van der Waals surface area contributed by atoms with E-state index >= 15 is 0 Å². The molecule has 3 aromatic heterocycles. The van der Waals surface area contributed by atoms with Crippen molar-refractivity contribution in [2.75, 3.05) is 29.0 Å². The molecule has 0 atom stereocenters. The number of nitrogens with zero attached hydrogens (tertiary/aromatic N) is 4. The third-order valence-corrected chi connectivity index (χ3v) is 5.25. The fourth-order valence-corrected chi connectivity index (χ4v) is 3.44. The summed E-state index contributed by atoms with van der Waals surface area (Å²) in [5.41, 5.74) is 4.40. The molecule has 0 spiro atoms. The molecule has 0 bridgehead atoms. The largest absolute Gasteiger partial charge is 0.380 e. The molecule has 1 amide bonds. The van der Waals surface area contributed by atoms with Crippen molar-refractivity contribution in [2.24, 2.45) is 0 Å². The minimum atomic E-state index is -0.294. The smallest absolute Gasteiger partial charge is 0.247 e. The number of fused-ring (bicyclic) bond motifs is 1. The molecule has 1 aromatic carbocycles. The maximum absolute atomic E-state index is 11.7. The third-order valence-electron chi connectivity index (χ3n) is 5.25. The topological polar surface area (TPSA) is 117 Å². The molecule has 4 N–H and O–H groups in total. The van der Waals surface area contributed by atoms with Crippen molar-refractivity contribution in [1.82, 2.24) is 25.3 Å². The van der Waals surface area contributed by atoms with Crippen molar-refractivity contribution in [1.29, 1.82) is 0 Å². The Bertz CT molecular complexity index is 1320. The lowest BCUT2D eigenvalue weighted by Gasteiger charge is -2.29. The Labute approximate surface area is 190 Å². The first kappa shape index (κ1) is 20.5. The molecule has 0 radical (unpaired) electrons. The fraction of sp³-hybridized carbons (Fsp3) is 0.125. The normalized spacial score (nSPS) is 13.2. The second kappa shape index (κ2) is 9.01. The second-order valence-corrected chi connectivity index (χ2v) is 7.62. The molecular formula is C24H22N8O. The molecule has 4 heterocycles. The van der Waals surface area contributed by atoms with Gasteiger partial charge in [-0.05, 0) is 48.5 Å². The SMILES string of the molecule is C=CC(=O)Nc1ccnc(-c2nccc3cnc(Nc4ccc(NC5CNC5)cc4)nc23)c1. The van der Waals surface area contributed by atoms with E-state index < -0.39 is 0 Å². The molecular weight excluding hydrogens is 416 g/mol. The summed E-state index contributed by atoms with van der Waals surface area (Å²) in [6, 6.07) is 13.8. The number of amides is 1. The van der Waals surface area contributed by atoms with Crippen LogP contribution in [0.5, 0.6) is 0 Å². The molecule has 33 heavy (non-hydrogen) atoms. The number of rotatable bonds is 7. The van der Waals surface area contributed by atoms with Crippen LogP contribution in [0, 0.1) is 0 Å². The summed E-state index contributed by atoms with van der Waals surface area (Å²) < 4.78 is 0. The van der Waals surface area contributed by atoms with Crippen molar-refractivity contribution >= 4 is 39.8 Å². The van der Waals surface area contributed by atoms with Gasteiger partial charge in [-0.25, -0.2) is 9.97 Å². The number of hydrogen-bond donors (Lipinski definition) is 4. The maximum Gasteiger partial charge on any atom is 0.247 e. The number of aromatic nitrogens is 4. The van der Waals surface area contributed by atoms with Crippen LogP contribution in [0.25, 0.3) is 22.3 Å². The molecule has 5 rings (SSSR count). The highest BCUT2D eigenvalue weighted by molar-refractivity contribution is 5.99. The molecule has 9 heteroatoms. The van der Waals surface area contributed by atoms with Crippen LogP contribution in [0.3, 0.4) is 0 Å². The molecule has 0 unspecified atom stereocenters. The average molecular weight is 438 g/mol. The van der Waals surface area contributed by atoms with Crippen LogP contribution in [0.4, 0.5) is 23.0 Å². The predicted octanol–water partition coefficient (Wildman–Crippen LogP) is 3.34. The van der Waals surface area contributed by atoms with E-state index in [4.69, 9.17) is 4.98 Å². The van der Waals surface area contributed by atoms with Crippen LogP contribution in [-0.4, -0.2) is 45.0 Å². The van der Waals surface area contributed by atoms with Gasteiger partial charge in [0.1, 0.15) is 11.2 Å². The van der Waals surface area contributed by atoms with Crippen LogP contribution >= 0.6 is 0 Å². The molecule has 4 aromatic rings. The van der Waals surface area contributed by atoms with Gasteiger partial charge in [-0.1, -0.05) is 6.58 Å². The lowest BCUT2D eigenvalue weighted by atomic mass is 10.1. The summed E-state index contributed by atoms with van der Waals surface area (Å²) in [5.74, 6) is 0.161. The van der Waals surface area contributed by atoms with E-state index in [1.807, 2.05) is 30.3 Å². The Morgan fingerprint density at radius 1 is 1.00 bits per heavy atom. The minimum Gasteiger partial charge on any atom is -0.380 e. The van der Waals surface area contributed by atoms with Gasteiger partial charge < -0.3 is 21.3 Å². The van der Waals surface area contributed by atoms with Crippen LogP contribution in [-0.2, 0) is 4.79 Å². The first-order valence-corrected chi connectivity index (χ1v) is 10.5. The second-order valence-electron chi connectivity index (χ2n) is 7.62. The van der Waals surface area contributed by atoms with Crippen LogP contribution < -0.4 is 21.3 Å². The van der Waals surface area contributed by atoms with Crippen LogP contribution in [0.2, 0.25) is 0 Å². The molecule has 1 aliphatic rings.